The molecule has 0 spiro atoms. The molecule has 0 fully saturated rings. The van der Waals surface area contributed by atoms with Gasteiger partial charge >= 0.3 is 0 Å². The maximum atomic E-state index is 8.76. The number of rotatable bonds is 4. The molecule has 0 aromatic carbocycles. The number of aliphatic hydroxyl groups is 2. The summed E-state index contributed by atoms with van der Waals surface area (Å²) in [5.74, 6) is 0. The molecule has 0 saturated carbocycles. The van der Waals surface area contributed by atoms with Gasteiger partial charge in [-0.2, -0.15) is 0 Å². The maximum absolute atomic E-state index is 8.76. The minimum Gasteiger partial charge on any atom is -0.363 e. The molecule has 0 aliphatic rings. The van der Waals surface area contributed by atoms with Crippen molar-refractivity contribution in [1.82, 2.24) is 0 Å². The molecule has 0 aromatic heterocycles. The third-order valence-electron chi connectivity index (χ3n) is 1.15. The van der Waals surface area contributed by atoms with E-state index in [9.17, 15) is 0 Å². The third kappa shape index (κ3) is 8.35. The standard InChI is InChI=1S/C6H15O2P/c1-2-3-4-5-6(7,8)9/h7-8H,2-5,9H2,1H3. The fraction of sp³-hybridized carbons (Fsp3) is 1.00. The van der Waals surface area contributed by atoms with E-state index in [0.29, 0.717) is 6.42 Å². The first kappa shape index (κ1) is 9.35. The summed E-state index contributed by atoms with van der Waals surface area (Å²) in [6, 6.07) is 0. The van der Waals surface area contributed by atoms with Gasteiger partial charge in [0.25, 0.3) is 0 Å². The first-order chi connectivity index (χ1) is 4.06. The predicted octanol–water partition coefficient (Wildman–Crippen LogP) is 1.08. The van der Waals surface area contributed by atoms with Crippen molar-refractivity contribution >= 4 is 9.24 Å². The Morgan fingerprint density at radius 1 is 1.33 bits per heavy atom. The van der Waals surface area contributed by atoms with E-state index in [1.165, 1.54) is 0 Å². The number of hydrogen-bond acceptors (Lipinski definition) is 2. The quantitative estimate of drug-likeness (QED) is 0.357. The zero-order valence-electron chi connectivity index (χ0n) is 5.80. The van der Waals surface area contributed by atoms with Gasteiger partial charge in [-0.15, -0.1) is 0 Å². The van der Waals surface area contributed by atoms with Crippen LogP contribution in [0.4, 0.5) is 0 Å². The molecule has 2 N–H and O–H groups in total. The van der Waals surface area contributed by atoms with E-state index in [0.717, 1.165) is 19.3 Å². The van der Waals surface area contributed by atoms with E-state index < -0.39 is 5.53 Å². The van der Waals surface area contributed by atoms with Crippen LogP contribution in [0.15, 0.2) is 0 Å². The first-order valence-corrected chi connectivity index (χ1v) is 3.87. The molecular weight excluding hydrogens is 135 g/mol. The van der Waals surface area contributed by atoms with Crippen molar-refractivity contribution in [3.63, 3.8) is 0 Å². The molecule has 0 radical (unpaired) electrons. The second-order valence-corrected chi connectivity index (χ2v) is 3.26. The van der Waals surface area contributed by atoms with Gasteiger partial charge in [-0.1, -0.05) is 29.0 Å². The molecule has 0 aromatic rings. The van der Waals surface area contributed by atoms with Crippen molar-refractivity contribution in [1.29, 1.82) is 0 Å². The Morgan fingerprint density at radius 2 is 1.89 bits per heavy atom. The molecule has 0 aliphatic carbocycles. The second kappa shape index (κ2) is 4.21. The molecule has 3 heteroatoms. The smallest absolute Gasteiger partial charge is 0.175 e. The Morgan fingerprint density at radius 3 is 2.22 bits per heavy atom. The van der Waals surface area contributed by atoms with Gasteiger partial charge < -0.3 is 10.2 Å². The molecule has 0 heterocycles. The number of unbranched alkanes of at least 4 members (excludes halogenated alkanes) is 2. The van der Waals surface area contributed by atoms with Crippen LogP contribution in [-0.4, -0.2) is 15.7 Å². The zero-order valence-corrected chi connectivity index (χ0v) is 6.95. The largest absolute Gasteiger partial charge is 0.363 e. The highest BCUT2D eigenvalue weighted by Gasteiger charge is 2.12. The fourth-order valence-electron chi connectivity index (χ4n) is 0.635. The molecule has 1 atom stereocenters. The van der Waals surface area contributed by atoms with Gasteiger partial charge in [0.05, 0.1) is 0 Å². The van der Waals surface area contributed by atoms with E-state index in [4.69, 9.17) is 10.2 Å². The van der Waals surface area contributed by atoms with Crippen LogP contribution in [0.25, 0.3) is 0 Å². The van der Waals surface area contributed by atoms with Gasteiger partial charge in [0.2, 0.25) is 0 Å². The summed E-state index contributed by atoms with van der Waals surface area (Å²) >= 11 is 0. The molecule has 9 heavy (non-hydrogen) atoms. The van der Waals surface area contributed by atoms with E-state index in [-0.39, 0.29) is 0 Å². The van der Waals surface area contributed by atoms with Gasteiger partial charge in [0.15, 0.2) is 5.53 Å². The maximum Gasteiger partial charge on any atom is 0.175 e. The van der Waals surface area contributed by atoms with Crippen LogP contribution in [0.5, 0.6) is 0 Å². The van der Waals surface area contributed by atoms with Gasteiger partial charge in [-0.05, 0) is 6.42 Å². The van der Waals surface area contributed by atoms with Crippen LogP contribution in [-0.2, 0) is 0 Å². The Kier molecular flexibility index (Phi) is 4.37. The Labute approximate surface area is 58.5 Å². The van der Waals surface area contributed by atoms with E-state index >= 15 is 0 Å². The molecule has 0 amide bonds. The average molecular weight is 150 g/mol. The summed E-state index contributed by atoms with van der Waals surface area (Å²) in [5, 5.41) is 17.5. The minimum atomic E-state index is -1.53. The highest BCUT2D eigenvalue weighted by molar-refractivity contribution is 7.18. The molecule has 0 rings (SSSR count). The van der Waals surface area contributed by atoms with Crippen LogP contribution in [0, 0.1) is 0 Å². The first-order valence-electron chi connectivity index (χ1n) is 3.30. The van der Waals surface area contributed by atoms with E-state index in [1.54, 1.807) is 0 Å². The summed E-state index contributed by atoms with van der Waals surface area (Å²) in [7, 11) is 2.00. The predicted molar refractivity (Wildman–Crippen MR) is 41.0 cm³/mol. The molecular formula is C6H15O2P. The topological polar surface area (TPSA) is 40.5 Å². The van der Waals surface area contributed by atoms with Crippen molar-refractivity contribution < 1.29 is 10.2 Å². The lowest BCUT2D eigenvalue weighted by atomic mass is 10.2. The van der Waals surface area contributed by atoms with Crippen LogP contribution < -0.4 is 0 Å². The van der Waals surface area contributed by atoms with Crippen LogP contribution in [0.2, 0.25) is 0 Å². The van der Waals surface area contributed by atoms with E-state index in [1.807, 2.05) is 9.24 Å². The average Bonchev–Trinajstić information content (AvgIpc) is 1.63. The van der Waals surface area contributed by atoms with Gasteiger partial charge in [0, 0.05) is 6.42 Å². The normalized spacial score (nSPS) is 12.0. The molecule has 0 aliphatic heterocycles. The number of hydrogen-bond donors (Lipinski definition) is 2. The van der Waals surface area contributed by atoms with Crippen LogP contribution >= 0.6 is 9.24 Å². The summed E-state index contributed by atoms with van der Waals surface area (Å²) in [6.07, 6.45) is 3.51. The van der Waals surface area contributed by atoms with Crippen molar-refractivity contribution in [2.75, 3.05) is 0 Å². The summed E-state index contributed by atoms with van der Waals surface area (Å²) < 4.78 is 0. The Hall–Kier alpha value is 0.350. The lowest BCUT2D eigenvalue weighted by Gasteiger charge is -2.14. The molecule has 0 bridgehead atoms. The summed E-state index contributed by atoms with van der Waals surface area (Å²) in [4.78, 5) is 0. The third-order valence-corrected chi connectivity index (χ3v) is 1.44. The Bertz CT molecular complexity index is 67.9. The van der Waals surface area contributed by atoms with Gasteiger partial charge in [0.1, 0.15) is 0 Å². The minimum absolute atomic E-state index is 0.450. The SMILES string of the molecule is CCCCCC(O)(O)P. The Balaban J connectivity index is 3.07. The molecule has 2 nitrogen and oxygen atoms in total. The van der Waals surface area contributed by atoms with E-state index in [2.05, 4.69) is 6.92 Å². The summed E-state index contributed by atoms with van der Waals surface area (Å²) in [6.45, 7) is 2.08. The van der Waals surface area contributed by atoms with Crippen molar-refractivity contribution in [3.05, 3.63) is 0 Å². The van der Waals surface area contributed by atoms with Crippen molar-refractivity contribution in [2.24, 2.45) is 0 Å². The van der Waals surface area contributed by atoms with Crippen molar-refractivity contribution in [2.45, 2.75) is 38.1 Å². The summed E-state index contributed by atoms with van der Waals surface area (Å²) in [5.41, 5.74) is -1.53. The molecule has 56 valence electrons. The fourth-order valence-corrected chi connectivity index (χ4v) is 0.839. The highest BCUT2D eigenvalue weighted by Crippen LogP contribution is 2.17. The zero-order chi connectivity index (χ0) is 7.33. The lowest BCUT2D eigenvalue weighted by molar-refractivity contribution is -0.0837. The van der Waals surface area contributed by atoms with Crippen LogP contribution in [0.3, 0.4) is 0 Å². The lowest BCUT2D eigenvalue weighted by Crippen LogP contribution is -2.17. The molecule has 0 saturated heterocycles. The monoisotopic (exact) mass is 150 g/mol. The van der Waals surface area contributed by atoms with Crippen LogP contribution in [0.1, 0.15) is 32.6 Å². The second-order valence-electron chi connectivity index (χ2n) is 2.34. The molecule has 1 unspecified atom stereocenters. The van der Waals surface area contributed by atoms with Crippen molar-refractivity contribution in [3.8, 4) is 0 Å². The van der Waals surface area contributed by atoms with Gasteiger partial charge in [-0.25, -0.2) is 0 Å². The highest BCUT2D eigenvalue weighted by atomic mass is 31.0. The van der Waals surface area contributed by atoms with Gasteiger partial charge in [-0.3, -0.25) is 0 Å².